The Bertz CT molecular complexity index is 3370. The lowest BCUT2D eigenvalue weighted by Crippen LogP contribution is -2.50. The second kappa shape index (κ2) is 18.4. The van der Waals surface area contributed by atoms with Gasteiger partial charge in [-0.1, -0.05) is 23.6 Å². The smallest absolute Gasteiger partial charge is 0.346 e. The second-order valence-corrected chi connectivity index (χ2v) is 23.4. The van der Waals surface area contributed by atoms with Crippen molar-refractivity contribution in [1.29, 1.82) is 0 Å². The molecule has 2 fully saturated rings. The largest absolute Gasteiger partial charge is 0.435 e. The Morgan fingerprint density at radius 1 is 0.973 bits per heavy atom. The van der Waals surface area contributed by atoms with Gasteiger partial charge in [0.05, 0.1) is 33.9 Å². The highest BCUT2D eigenvalue weighted by atomic mass is 35.5. The molecule has 0 radical (unpaired) electrons. The Labute approximate surface area is 415 Å². The van der Waals surface area contributed by atoms with Gasteiger partial charge in [0.2, 0.25) is 15.9 Å². The third kappa shape index (κ3) is 10.3. The van der Waals surface area contributed by atoms with Crippen molar-refractivity contribution in [3.05, 3.63) is 93.0 Å². The molecule has 0 spiro atoms. The lowest BCUT2D eigenvalue weighted by atomic mass is 9.93. The van der Waals surface area contributed by atoms with E-state index in [0.29, 0.717) is 29.8 Å². The zero-order valence-electron chi connectivity index (χ0n) is 38.6. The van der Waals surface area contributed by atoms with Crippen LogP contribution >= 0.6 is 11.6 Å². The Morgan fingerprint density at radius 3 is 2.23 bits per heavy atom. The number of pyridine rings is 1. The van der Waals surface area contributed by atoms with Gasteiger partial charge in [-0.05, 0) is 87.3 Å². The SMILES string of the molecule is CC(C)(C#Cc1ccc(-c2ccc(Cl)c3c(N(C(=O)N4CCC[C@H]4CN)S(C)(=O)=O)nn(CC(F)(F)F)c23)c([C@H](Cc2cc(F)cc(F)c2)NC(=O)Cn2nc(C(F)(F)F)c3c2C(F)(F)[C@@H]2C[C@H]32)n1)S(C)(=O)=O. The quantitative estimate of drug-likeness (QED) is 0.0928. The number of urea groups is 1. The molecule has 15 nitrogen and oxygen atoms in total. The first kappa shape index (κ1) is 53.3. The Kier molecular flexibility index (Phi) is 13.5. The number of nitrogens with one attached hydrogen (secondary N) is 1. The van der Waals surface area contributed by atoms with E-state index in [1.54, 1.807) is 0 Å². The summed E-state index contributed by atoms with van der Waals surface area (Å²) in [5.74, 6) is -5.85. The van der Waals surface area contributed by atoms with Gasteiger partial charge in [-0.25, -0.2) is 35.4 Å². The number of hydrogen-bond donors (Lipinski definition) is 2. The van der Waals surface area contributed by atoms with E-state index in [1.165, 1.54) is 26.0 Å². The first-order valence-electron chi connectivity index (χ1n) is 22.0. The average molecular weight is 1090 g/mol. The van der Waals surface area contributed by atoms with E-state index in [4.69, 9.17) is 17.3 Å². The lowest BCUT2D eigenvalue weighted by Gasteiger charge is -2.29. The molecule has 3 amide bonds. The summed E-state index contributed by atoms with van der Waals surface area (Å²) in [5, 5.41) is 8.90. The first-order chi connectivity index (χ1) is 33.7. The van der Waals surface area contributed by atoms with Gasteiger partial charge in [0.15, 0.2) is 21.3 Å². The second-order valence-electron chi connectivity index (χ2n) is 18.6. The molecule has 0 unspecified atom stereocenters. The number of fused-ring (bicyclic) bond motifs is 4. The number of sulfone groups is 1. The molecule has 3 N–H and O–H groups in total. The van der Waals surface area contributed by atoms with Crippen LogP contribution in [0.3, 0.4) is 0 Å². The number of rotatable bonds is 12. The minimum atomic E-state index is -5.22. The van der Waals surface area contributed by atoms with Crippen LogP contribution in [0.1, 0.15) is 79.0 Å². The van der Waals surface area contributed by atoms with Crippen molar-refractivity contribution in [1.82, 2.24) is 34.8 Å². The number of sulfonamides is 1. The minimum Gasteiger partial charge on any atom is -0.346 e. The number of halogens is 11. The van der Waals surface area contributed by atoms with E-state index in [-0.39, 0.29) is 50.9 Å². The number of amides is 3. The van der Waals surface area contributed by atoms with Gasteiger partial charge in [-0.2, -0.15) is 49.6 Å². The number of hydrogen-bond acceptors (Lipinski definition) is 10. The minimum absolute atomic E-state index is 0.0106. The van der Waals surface area contributed by atoms with Crippen LogP contribution in [-0.4, -0.2) is 101 Å². The molecule has 2 aromatic carbocycles. The Hall–Kier alpha value is -5.98. The number of anilines is 1. The molecule has 3 aliphatic rings. The van der Waals surface area contributed by atoms with Crippen LogP contribution in [0.2, 0.25) is 5.02 Å². The van der Waals surface area contributed by atoms with Gasteiger partial charge in [0.25, 0.3) is 5.92 Å². The fourth-order valence-corrected chi connectivity index (χ4v) is 10.5. The maximum atomic E-state index is 15.6. The number of nitrogens with two attached hydrogens (primary N) is 1. The van der Waals surface area contributed by atoms with Crippen LogP contribution in [-0.2, 0) is 56.3 Å². The molecule has 1 saturated carbocycles. The van der Waals surface area contributed by atoms with Gasteiger partial charge in [-0.3, -0.25) is 14.2 Å². The number of alkyl halides is 8. The molecule has 28 heteroatoms. The van der Waals surface area contributed by atoms with E-state index in [9.17, 15) is 61.5 Å². The summed E-state index contributed by atoms with van der Waals surface area (Å²) in [6.07, 6.45) is -9.04. The molecule has 3 aromatic heterocycles. The van der Waals surface area contributed by atoms with Crippen LogP contribution in [0.4, 0.5) is 54.5 Å². The third-order valence-electron chi connectivity index (χ3n) is 12.9. The van der Waals surface area contributed by atoms with Crippen LogP contribution in [0.5, 0.6) is 0 Å². The van der Waals surface area contributed by atoms with Crippen LogP contribution in [0.15, 0.2) is 42.5 Å². The highest BCUT2D eigenvalue weighted by Crippen LogP contribution is 2.68. The molecule has 4 atom stereocenters. The number of benzene rings is 2. The molecular weight excluding hydrogens is 1050 g/mol. The monoisotopic (exact) mass is 1090 g/mol. The molecular formula is C45H42ClF10N9O6S2. The van der Waals surface area contributed by atoms with E-state index >= 15 is 8.78 Å². The van der Waals surface area contributed by atoms with Gasteiger partial charge in [0, 0.05) is 54.1 Å². The number of carbonyl (C=O) groups excluding carboxylic acids is 2. The number of aromatic nitrogens is 5. The number of carbonyl (C=O) groups is 2. The third-order valence-corrected chi connectivity index (χ3v) is 16.2. The predicted octanol–water partition coefficient (Wildman–Crippen LogP) is 7.60. The van der Waals surface area contributed by atoms with Crippen molar-refractivity contribution in [2.75, 3.05) is 29.9 Å². The summed E-state index contributed by atoms with van der Waals surface area (Å²) in [5.41, 5.74) is 0.157. The summed E-state index contributed by atoms with van der Waals surface area (Å²) in [6.45, 7) is -0.841. The molecule has 8 rings (SSSR count). The fourth-order valence-electron chi connectivity index (χ4n) is 9.24. The standard InChI is InChI=1S/C45H42ClF10N9O6S2/c1-42(2,72(3,68)69)12-11-25-7-8-27(28-9-10-31(46)35-37(28)64(21-43(49,50)51)61-40(35)65(73(4,70)71)41(67)62-13-5-6-26(62)19-57)36(58-25)32(16-22-14-23(47)17-24(48)15-22)59-33(66)20-63-39-34(38(60-63)45(54,55)56)29-18-30(29)44(39,52)53/h7-10,14-15,17,26,29-30,32H,5-6,13,16,18-21,57H2,1-4H3,(H,59,66)/t26-,29-,30+,32-/m0/s1. The van der Waals surface area contributed by atoms with Crippen LogP contribution < -0.4 is 15.4 Å². The average Bonchev–Trinajstić information content (AvgIpc) is 3.47. The predicted molar refractivity (Wildman–Crippen MR) is 244 cm³/mol. The Balaban J connectivity index is 1.36. The van der Waals surface area contributed by atoms with Crippen LogP contribution in [0.25, 0.3) is 22.0 Å². The van der Waals surface area contributed by atoms with Crippen molar-refractivity contribution < 1.29 is 70.3 Å². The molecule has 0 bridgehead atoms. The van der Waals surface area contributed by atoms with Crippen molar-refractivity contribution in [3.8, 4) is 23.0 Å². The van der Waals surface area contributed by atoms with Gasteiger partial charge < -0.3 is 16.0 Å². The van der Waals surface area contributed by atoms with Crippen molar-refractivity contribution in [2.24, 2.45) is 11.7 Å². The molecule has 1 saturated heterocycles. The summed E-state index contributed by atoms with van der Waals surface area (Å²) in [7, 11) is -8.67. The van der Waals surface area contributed by atoms with Crippen molar-refractivity contribution in [3.63, 3.8) is 0 Å². The van der Waals surface area contributed by atoms with E-state index in [0.717, 1.165) is 35.4 Å². The summed E-state index contributed by atoms with van der Waals surface area (Å²) in [4.78, 5) is 34.1. The highest BCUT2D eigenvalue weighted by molar-refractivity contribution is 7.93. The summed E-state index contributed by atoms with van der Waals surface area (Å²) < 4.78 is 199. The number of nitrogens with zero attached hydrogens (tertiary/aromatic N) is 7. The zero-order chi connectivity index (χ0) is 53.7. The van der Waals surface area contributed by atoms with E-state index < -0.39 is 154 Å². The van der Waals surface area contributed by atoms with Crippen molar-refractivity contribution in [2.45, 2.75) is 93.6 Å². The molecule has 5 aromatic rings. The van der Waals surface area contributed by atoms with Gasteiger partial charge in [0.1, 0.15) is 40.9 Å². The molecule has 4 heterocycles. The van der Waals surface area contributed by atoms with Crippen molar-refractivity contribution >= 4 is 60.1 Å². The normalized spacial score (nSPS) is 19.1. The van der Waals surface area contributed by atoms with E-state index in [1.807, 2.05) is 0 Å². The van der Waals surface area contributed by atoms with Gasteiger partial charge >= 0.3 is 18.4 Å². The molecule has 1 aliphatic heterocycles. The molecule has 392 valence electrons. The first-order valence-corrected chi connectivity index (χ1v) is 26.1. The maximum absolute atomic E-state index is 15.6. The Morgan fingerprint density at radius 2 is 1.63 bits per heavy atom. The maximum Gasteiger partial charge on any atom is 0.435 e. The fraction of sp³-hybridized carbons (Fsp3) is 0.444. The zero-order valence-corrected chi connectivity index (χ0v) is 41.0. The summed E-state index contributed by atoms with van der Waals surface area (Å²) >= 11 is 6.71. The topological polar surface area (TPSA) is 195 Å². The summed E-state index contributed by atoms with van der Waals surface area (Å²) in [6, 6.07) is 3.05. The molecule has 2 aliphatic carbocycles. The van der Waals surface area contributed by atoms with E-state index in [2.05, 4.69) is 32.3 Å². The molecule has 73 heavy (non-hydrogen) atoms. The van der Waals surface area contributed by atoms with Crippen LogP contribution in [0, 0.1) is 29.4 Å². The lowest BCUT2D eigenvalue weighted by molar-refractivity contribution is -0.143. The highest BCUT2D eigenvalue weighted by Gasteiger charge is 2.68. The number of likely N-dealkylation sites (tertiary alicyclic amines) is 1. The van der Waals surface area contributed by atoms with Gasteiger partial charge in [-0.15, -0.1) is 0 Å².